The predicted molar refractivity (Wildman–Crippen MR) is 136 cm³/mol. The zero-order chi connectivity index (χ0) is 22.3. The molecule has 0 spiro atoms. The third-order valence-electron chi connectivity index (χ3n) is 5.63. The fourth-order valence-electron chi connectivity index (χ4n) is 3.25. The second kappa shape index (κ2) is 11.1. The summed E-state index contributed by atoms with van der Waals surface area (Å²) in [6, 6.07) is 17.4. The lowest BCUT2D eigenvalue weighted by Crippen LogP contribution is -2.26. The molecule has 0 amide bonds. The largest absolute Gasteiger partial charge is 0.497 e. The number of rotatable bonds is 9. The number of methoxy groups -OCH3 is 1. The maximum absolute atomic E-state index is 12.1. The van der Waals surface area contributed by atoms with Crippen LogP contribution in [0.25, 0.3) is 0 Å². The maximum atomic E-state index is 12.1. The van der Waals surface area contributed by atoms with Gasteiger partial charge in [0.1, 0.15) is 16.4 Å². The second-order valence-electron chi connectivity index (χ2n) is 8.14. The number of ether oxygens (including phenoxy) is 2. The van der Waals surface area contributed by atoms with Crippen molar-refractivity contribution in [1.82, 2.24) is 0 Å². The molecule has 1 fully saturated rings. The summed E-state index contributed by atoms with van der Waals surface area (Å²) >= 11 is 5.77. The van der Waals surface area contributed by atoms with E-state index in [0.717, 1.165) is 29.4 Å². The molecule has 1 heterocycles. The normalized spacial score (nSPS) is 16.0. The Kier molecular flexibility index (Phi) is 8.71. The third-order valence-corrected chi connectivity index (χ3v) is 10.1. The summed E-state index contributed by atoms with van der Waals surface area (Å²) in [5.74, 6) is 3.86. The van der Waals surface area contributed by atoms with Crippen LogP contribution in [0.5, 0.6) is 5.75 Å². The van der Waals surface area contributed by atoms with Gasteiger partial charge in [0.15, 0.2) is 0 Å². The van der Waals surface area contributed by atoms with E-state index < -0.39 is 5.41 Å². The van der Waals surface area contributed by atoms with Gasteiger partial charge in [-0.1, -0.05) is 31.2 Å². The van der Waals surface area contributed by atoms with Crippen molar-refractivity contribution in [1.29, 1.82) is 0 Å². The van der Waals surface area contributed by atoms with E-state index in [2.05, 4.69) is 48.5 Å². The van der Waals surface area contributed by atoms with Crippen LogP contribution in [-0.2, 0) is 13.6 Å². The van der Waals surface area contributed by atoms with Crippen LogP contribution in [0.2, 0.25) is 0 Å². The number of esters is 1. The lowest BCUT2D eigenvalue weighted by atomic mass is 9.91. The molecule has 1 aliphatic heterocycles. The summed E-state index contributed by atoms with van der Waals surface area (Å²) in [5.41, 5.74) is 2.24. The number of thioether (sulfide) groups is 3. The van der Waals surface area contributed by atoms with Crippen LogP contribution < -0.4 is 4.74 Å². The van der Waals surface area contributed by atoms with Crippen LogP contribution in [0, 0.1) is 5.41 Å². The van der Waals surface area contributed by atoms with Crippen LogP contribution in [0.3, 0.4) is 0 Å². The molecular formula is C25H32O3S3. The molecule has 0 unspecified atom stereocenters. The van der Waals surface area contributed by atoms with Crippen molar-refractivity contribution in [2.45, 2.75) is 42.6 Å². The van der Waals surface area contributed by atoms with Crippen molar-refractivity contribution >= 4 is 41.3 Å². The van der Waals surface area contributed by atoms with Crippen molar-refractivity contribution in [3.8, 4) is 5.75 Å². The summed E-state index contributed by atoms with van der Waals surface area (Å²) in [5, 5.41) is 0. The highest BCUT2D eigenvalue weighted by Gasteiger charge is 2.37. The number of carbonyl (C=O) groups excluding carboxylic acids is 1. The molecule has 1 aliphatic rings. The van der Waals surface area contributed by atoms with Crippen LogP contribution >= 0.6 is 35.3 Å². The number of benzene rings is 2. The van der Waals surface area contributed by atoms with Gasteiger partial charge in [0.05, 0.1) is 12.5 Å². The molecule has 0 radical (unpaired) electrons. The molecule has 0 bridgehead atoms. The first-order valence-corrected chi connectivity index (χ1v) is 13.7. The maximum Gasteiger partial charge on any atom is 0.311 e. The van der Waals surface area contributed by atoms with Crippen molar-refractivity contribution in [2.24, 2.45) is 5.41 Å². The Bertz CT molecular complexity index is 841. The molecule has 168 valence electrons. The van der Waals surface area contributed by atoms with Gasteiger partial charge >= 0.3 is 5.97 Å². The molecule has 0 saturated carbocycles. The molecule has 0 aliphatic carbocycles. The lowest BCUT2D eigenvalue weighted by Gasteiger charge is -2.37. The first-order valence-electron chi connectivity index (χ1n) is 10.7. The van der Waals surface area contributed by atoms with Crippen molar-refractivity contribution in [3.05, 3.63) is 59.7 Å². The number of hydrogen-bond acceptors (Lipinski definition) is 6. The molecule has 3 nitrogen and oxygen atoms in total. The Balaban J connectivity index is 1.65. The molecule has 0 atom stereocenters. The fourth-order valence-corrected chi connectivity index (χ4v) is 7.36. The van der Waals surface area contributed by atoms with E-state index in [0.29, 0.717) is 6.61 Å². The molecule has 2 aromatic carbocycles. The van der Waals surface area contributed by atoms with E-state index in [1.54, 1.807) is 18.9 Å². The van der Waals surface area contributed by atoms with Gasteiger partial charge in [-0.2, -0.15) is 0 Å². The smallest absolute Gasteiger partial charge is 0.311 e. The Morgan fingerprint density at radius 1 is 1.03 bits per heavy atom. The van der Waals surface area contributed by atoms with Gasteiger partial charge in [-0.3, -0.25) is 4.79 Å². The third kappa shape index (κ3) is 5.96. The van der Waals surface area contributed by atoms with Crippen molar-refractivity contribution in [2.75, 3.05) is 31.0 Å². The van der Waals surface area contributed by atoms with E-state index in [-0.39, 0.29) is 10.0 Å². The van der Waals surface area contributed by atoms with Gasteiger partial charge in [0.2, 0.25) is 0 Å². The number of hydrogen-bond donors (Lipinski definition) is 0. The molecule has 31 heavy (non-hydrogen) atoms. The van der Waals surface area contributed by atoms with Gasteiger partial charge < -0.3 is 9.47 Å². The Morgan fingerprint density at radius 3 is 2.16 bits per heavy atom. The highest BCUT2D eigenvalue weighted by Crippen LogP contribution is 2.55. The monoisotopic (exact) mass is 476 g/mol. The molecule has 1 saturated heterocycles. The van der Waals surface area contributed by atoms with Crippen LogP contribution in [-0.4, -0.2) is 36.9 Å². The predicted octanol–water partition coefficient (Wildman–Crippen LogP) is 6.84. The SMILES string of the molecule is CCC(C)(C)C(=O)OCCSc1ccc(C2(c3ccc(OC)cc3)SCCCS2)cc1. The average molecular weight is 477 g/mol. The van der Waals surface area contributed by atoms with Gasteiger partial charge in [-0.15, -0.1) is 35.3 Å². The quantitative estimate of drug-likeness (QED) is 0.224. The van der Waals surface area contributed by atoms with Crippen molar-refractivity contribution < 1.29 is 14.3 Å². The average Bonchev–Trinajstić information content (AvgIpc) is 2.82. The zero-order valence-corrected chi connectivity index (χ0v) is 21.3. The first kappa shape index (κ1) is 24.4. The van der Waals surface area contributed by atoms with Gasteiger partial charge in [0, 0.05) is 10.6 Å². The molecule has 2 aromatic rings. The van der Waals surface area contributed by atoms with Crippen LogP contribution in [0.15, 0.2) is 53.4 Å². The topological polar surface area (TPSA) is 35.5 Å². The minimum absolute atomic E-state index is 0.0744. The van der Waals surface area contributed by atoms with E-state index >= 15 is 0 Å². The molecule has 0 N–H and O–H groups in total. The van der Waals surface area contributed by atoms with Gasteiger partial charge in [-0.25, -0.2) is 0 Å². The molecular weight excluding hydrogens is 444 g/mol. The summed E-state index contributed by atoms with van der Waals surface area (Å²) in [4.78, 5) is 13.3. The summed E-state index contributed by atoms with van der Waals surface area (Å²) in [6.45, 7) is 6.32. The fraction of sp³-hybridized carbons (Fsp3) is 0.480. The summed E-state index contributed by atoms with van der Waals surface area (Å²) in [6.07, 6.45) is 2.03. The highest BCUT2D eigenvalue weighted by molar-refractivity contribution is 8.18. The van der Waals surface area contributed by atoms with Gasteiger partial charge in [0.25, 0.3) is 0 Å². The summed E-state index contributed by atoms with van der Waals surface area (Å²) in [7, 11) is 1.71. The first-order chi connectivity index (χ1) is 14.9. The minimum Gasteiger partial charge on any atom is -0.497 e. The molecule has 3 rings (SSSR count). The van der Waals surface area contributed by atoms with Crippen molar-refractivity contribution in [3.63, 3.8) is 0 Å². The van der Waals surface area contributed by atoms with E-state index in [4.69, 9.17) is 9.47 Å². The molecule has 6 heteroatoms. The van der Waals surface area contributed by atoms with Gasteiger partial charge in [-0.05, 0) is 73.6 Å². The minimum atomic E-state index is -0.405. The lowest BCUT2D eigenvalue weighted by molar-refractivity contribution is -0.153. The Labute approximate surface area is 199 Å². The Morgan fingerprint density at radius 2 is 1.61 bits per heavy atom. The van der Waals surface area contributed by atoms with Crippen LogP contribution in [0.4, 0.5) is 0 Å². The summed E-state index contributed by atoms with van der Waals surface area (Å²) < 4.78 is 10.7. The zero-order valence-electron chi connectivity index (χ0n) is 18.8. The van der Waals surface area contributed by atoms with E-state index in [9.17, 15) is 4.79 Å². The standard InChI is InChI=1S/C25H32O3S3/c1-5-24(2,3)23(26)28-15-18-29-22-13-9-20(10-14-22)25(30-16-6-17-31-25)19-7-11-21(27-4)12-8-19/h7-14H,5-6,15-18H2,1-4H3. The van der Waals surface area contributed by atoms with E-state index in [1.807, 2.05) is 44.3 Å². The van der Waals surface area contributed by atoms with E-state index in [1.165, 1.54) is 22.4 Å². The molecule has 0 aromatic heterocycles. The second-order valence-corrected chi connectivity index (χ2v) is 12.2. The Hall–Kier alpha value is -1.24. The highest BCUT2D eigenvalue weighted by atomic mass is 32.2. The number of carbonyl (C=O) groups is 1. The van der Waals surface area contributed by atoms with Crippen LogP contribution in [0.1, 0.15) is 44.7 Å².